The fourth-order valence-electron chi connectivity index (χ4n) is 2.76. The monoisotopic (exact) mass is 339 g/mol. The third kappa shape index (κ3) is 7.09. The second-order valence-electron chi connectivity index (χ2n) is 7.30. The lowest BCUT2D eigenvalue weighted by atomic mass is 9.81. The minimum absolute atomic E-state index is 0.124. The van der Waals surface area contributed by atoms with Crippen molar-refractivity contribution in [3.05, 3.63) is 34.3 Å². The van der Waals surface area contributed by atoms with Gasteiger partial charge < -0.3 is 5.32 Å². The highest BCUT2D eigenvalue weighted by Crippen LogP contribution is 2.26. The summed E-state index contributed by atoms with van der Waals surface area (Å²) in [5.41, 5.74) is 1.23. The number of carbonyl (C=O) groups is 1. The molecular formula is C17H26BrNO. The van der Waals surface area contributed by atoms with Crippen molar-refractivity contribution in [2.75, 3.05) is 0 Å². The molecule has 0 fully saturated rings. The third-order valence-electron chi connectivity index (χ3n) is 2.98. The van der Waals surface area contributed by atoms with Crippen LogP contribution in [0.15, 0.2) is 28.7 Å². The van der Waals surface area contributed by atoms with Crippen molar-refractivity contribution in [2.45, 2.75) is 59.4 Å². The molecule has 1 aromatic rings. The van der Waals surface area contributed by atoms with Gasteiger partial charge in [0.15, 0.2) is 0 Å². The summed E-state index contributed by atoms with van der Waals surface area (Å²) < 4.78 is 1.06. The van der Waals surface area contributed by atoms with Gasteiger partial charge in [0.2, 0.25) is 5.91 Å². The maximum absolute atomic E-state index is 12.1. The number of amides is 1. The Morgan fingerprint density at radius 1 is 1.20 bits per heavy atom. The lowest BCUT2D eigenvalue weighted by Gasteiger charge is -2.33. The van der Waals surface area contributed by atoms with Crippen LogP contribution in [0.1, 0.15) is 53.0 Å². The molecule has 1 N–H and O–H groups in total. The summed E-state index contributed by atoms with van der Waals surface area (Å²) in [5.74, 6) is 0.124. The van der Waals surface area contributed by atoms with E-state index < -0.39 is 0 Å². The summed E-state index contributed by atoms with van der Waals surface area (Å²) in [6, 6.07) is 8.11. The maximum Gasteiger partial charge on any atom is 0.220 e. The molecule has 0 saturated heterocycles. The molecule has 0 aliphatic heterocycles. The largest absolute Gasteiger partial charge is 0.351 e. The van der Waals surface area contributed by atoms with Gasteiger partial charge in [-0.3, -0.25) is 4.79 Å². The van der Waals surface area contributed by atoms with Gasteiger partial charge in [0, 0.05) is 16.4 Å². The second kappa shape index (κ2) is 6.75. The first-order chi connectivity index (χ1) is 9.07. The number of halogens is 1. The molecule has 0 bridgehead atoms. The molecule has 112 valence electrons. The third-order valence-corrected chi connectivity index (χ3v) is 3.47. The van der Waals surface area contributed by atoms with Crippen LogP contribution in [0.4, 0.5) is 0 Å². The van der Waals surface area contributed by atoms with E-state index in [1.807, 2.05) is 12.1 Å². The SMILES string of the molecule is CC(C)(C)CC(C)(C)NC(=O)CCc1cccc(Br)c1. The predicted molar refractivity (Wildman–Crippen MR) is 88.8 cm³/mol. The van der Waals surface area contributed by atoms with Gasteiger partial charge in [-0.2, -0.15) is 0 Å². The zero-order chi connectivity index (χ0) is 15.4. The summed E-state index contributed by atoms with van der Waals surface area (Å²) >= 11 is 3.45. The van der Waals surface area contributed by atoms with E-state index in [1.165, 1.54) is 5.56 Å². The molecule has 0 radical (unpaired) electrons. The van der Waals surface area contributed by atoms with Gasteiger partial charge >= 0.3 is 0 Å². The van der Waals surface area contributed by atoms with Crippen molar-refractivity contribution in [1.82, 2.24) is 5.32 Å². The molecule has 0 heterocycles. The first kappa shape index (κ1) is 17.2. The van der Waals surface area contributed by atoms with Gasteiger partial charge in [0.1, 0.15) is 0 Å². The number of hydrogen-bond acceptors (Lipinski definition) is 1. The molecule has 1 amide bonds. The molecule has 1 rings (SSSR count). The lowest BCUT2D eigenvalue weighted by molar-refractivity contribution is -0.122. The molecule has 0 aliphatic carbocycles. The van der Waals surface area contributed by atoms with Crippen LogP contribution >= 0.6 is 15.9 Å². The summed E-state index contributed by atoms with van der Waals surface area (Å²) in [5, 5.41) is 3.15. The Balaban J connectivity index is 2.47. The molecule has 0 aromatic heterocycles. The average Bonchev–Trinajstić information content (AvgIpc) is 2.22. The van der Waals surface area contributed by atoms with E-state index in [0.717, 1.165) is 17.3 Å². The summed E-state index contributed by atoms with van der Waals surface area (Å²) in [6.07, 6.45) is 2.27. The number of aryl methyl sites for hydroxylation is 1. The Morgan fingerprint density at radius 2 is 1.85 bits per heavy atom. The van der Waals surface area contributed by atoms with Crippen LogP contribution in [0.3, 0.4) is 0 Å². The molecule has 1 aromatic carbocycles. The van der Waals surface area contributed by atoms with E-state index in [2.05, 4.69) is 68.0 Å². The Kier molecular flexibility index (Phi) is 5.81. The minimum atomic E-state index is -0.160. The van der Waals surface area contributed by atoms with Crippen LogP contribution in [-0.4, -0.2) is 11.4 Å². The molecule has 0 unspecified atom stereocenters. The topological polar surface area (TPSA) is 29.1 Å². The van der Waals surface area contributed by atoms with Gasteiger partial charge in [-0.15, -0.1) is 0 Å². The predicted octanol–water partition coefficient (Wildman–Crippen LogP) is 4.71. The maximum atomic E-state index is 12.1. The highest BCUT2D eigenvalue weighted by molar-refractivity contribution is 9.10. The molecule has 0 atom stereocenters. The van der Waals surface area contributed by atoms with Crippen LogP contribution in [0.5, 0.6) is 0 Å². The van der Waals surface area contributed by atoms with Crippen LogP contribution in [0, 0.1) is 5.41 Å². The molecule has 0 aliphatic rings. The molecule has 3 heteroatoms. The van der Waals surface area contributed by atoms with E-state index in [-0.39, 0.29) is 16.9 Å². The average molecular weight is 340 g/mol. The van der Waals surface area contributed by atoms with Crippen LogP contribution in [0.25, 0.3) is 0 Å². The smallest absolute Gasteiger partial charge is 0.220 e. The van der Waals surface area contributed by atoms with Gasteiger partial charge in [0.05, 0.1) is 0 Å². The van der Waals surface area contributed by atoms with Crippen LogP contribution in [0.2, 0.25) is 0 Å². The van der Waals surface area contributed by atoms with E-state index >= 15 is 0 Å². The quantitative estimate of drug-likeness (QED) is 0.826. The van der Waals surface area contributed by atoms with E-state index in [9.17, 15) is 4.79 Å². The van der Waals surface area contributed by atoms with E-state index in [0.29, 0.717) is 6.42 Å². The second-order valence-corrected chi connectivity index (χ2v) is 8.22. The molecule has 20 heavy (non-hydrogen) atoms. The fourth-order valence-corrected chi connectivity index (χ4v) is 3.21. The van der Waals surface area contributed by atoms with Crippen molar-refractivity contribution < 1.29 is 4.79 Å². The molecule has 0 spiro atoms. The lowest BCUT2D eigenvalue weighted by Crippen LogP contribution is -2.45. The Labute approximate surface area is 131 Å². The fraction of sp³-hybridized carbons (Fsp3) is 0.588. The number of carbonyl (C=O) groups excluding carboxylic acids is 1. The van der Waals surface area contributed by atoms with Crippen LogP contribution < -0.4 is 5.32 Å². The summed E-state index contributed by atoms with van der Waals surface area (Å²) in [6.45, 7) is 10.8. The number of hydrogen-bond donors (Lipinski definition) is 1. The molecule has 0 saturated carbocycles. The van der Waals surface area contributed by atoms with Crippen molar-refractivity contribution >= 4 is 21.8 Å². The first-order valence-corrected chi connectivity index (χ1v) is 7.92. The molecular weight excluding hydrogens is 314 g/mol. The van der Waals surface area contributed by atoms with Crippen molar-refractivity contribution in [2.24, 2.45) is 5.41 Å². The van der Waals surface area contributed by atoms with Crippen molar-refractivity contribution in [1.29, 1.82) is 0 Å². The van der Waals surface area contributed by atoms with Crippen molar-refractivity contribution in [3.8, 4) is 0 Å². The van der Waals surface area contributed by atoms with Crippen LogP contribution in [-0.2, 0) is 11.2 Å². The highest BCUT2D eigenvalue weighted by Gasteiger charge is 2.26. The highest BCUT2D eigenvalue weighted by atomic mass is 79.9. The standard InChI is InChI=1S/C17H26BrNO/c1-16(2,3)12-17(4,5)19-15(20)10-9-13-7-6-8-14(18)11-13/h6-8,11H,9-10,12H2,1-5H3,(H,19,20). The Hall–Kier alpha value is -0.830. The Morgan fingerprint density at radius 3 is 2.40 bits per heavy atom. The minimum Gasteiger partial charge on any atom is -0.351 e. The Bertz CT molecular complexity index is 460. The number of nitrogens with one attached hydrogen (secondary N) is 1. The number of rotatable bonds is 5. The van der Waals surface area contributed by atoms with Crippen molar-refractivity contribution in [3.63, 3.8) is 0 Å². The van der Waals surface area contributed by atoms with Gasteiger partial charge in [0.25, 0.3) is 0 Å². The zero-order valence-electron chi connectivity index (χ0n) is 13.2. The normalized spacial score (nSPS) is 12.3. The van der Waals surface area contributed by atoms with Gasteiger partial charge in [-0.05, 0) is 49.8 Å². The van der Waals surface area contributed by atoms with Gasteiger partial charge in [-0.25, -0.2) is 0 Å². The summed E-state index contributed by atoms with van der Waals surface area (Å²) in [4.78, 5) is 12.1. The zero-order valence-corrected chi connectivity index (χ0v) is 14.8. The first-order valence-electron chi connectivity index (χ1n) is 7.13. The molecule has 2 nitrogen and oxygen atoms in total. The van der Waals surface area contributed by atoms with E-state index in [4.69, 9.17) is 0 Å². The van der Waals surface area contributed by atoms with Gasteiger partial charge in [-0.1, -0.05) is 48.8 Å². The number of benzene rings is 1. The summed E-state index contributed by atoms with van der Waals surface area (Å²) in [7, 11) is 0. The van der Waals surface area contributed by atoms with E-state index in [1.54, 1.807) is 0 Å².